The molecule has 154 valence electrons. The van der Waals surface area contributed by atoms with Gasteiger partial charge in [-0.2, -0.15) is 0 Å². The van der Waals surface area contributed by atoms with E-state index in [1.807, 2.05) is 54.6 Å². The summed E-state index contributed by atoms with van der Waals surface area (Å²) >= 11 is 3.42. The van der Waals surface area contributed by atoms with Crippen molar-refractivity contribution in [3.63, 3.8) is 0 Å². The predicted octanol–water partition coefficient (Wildman–Crippen LogP) is 7.50. The minimum atomic E-state index is 0.771. The Kier molecular flexibility index (Phi) is 5.32. The molecule has 3 aromatic carbocycles. The van der Waals surface area contributed by atoms with Gasteiger partial charge in [0.15, 0.2) is 0 Å². The van der Waals surface area contributed by atoms with Crippen LogP contribution in [0.2, 0.25) is 0 Å². The number of rotatable bonds is 6. The predicted molar refractivity (Wildman–Crippen MR) is 128 cm³/mol. The van der Waals surface area contributed by atoms with Crippen LogP contribution in [0.4, 0.5) is 0 Å². The molecule has 0 aliphatic rings. The van der Waals surface area contributed by atoms with Gasteiger partial charge in [0.25, 0.3) is 0 Å². The third kappa shape index (κ3) is 4.13. The summed E-state index contributed by atoms with van der Waals surface area (Å²) in [6.07, 6.45) is 0. The zero-order chi connectivity index (χ0) is 21.2. The van der Waals surface area contributed by atoms with Crippen LogP contribution in [-0.4, -0.2) is 19.2 Å². The molecule has 5 aromatic rings. The molecular formula is C25H19NO3S2. The van der Waals surface area contributed by atoms with Crippen LogP contribution in [0, 0.1) is 0 Å². The van der Waals surface area contributed by atoms with Crippen molar-refractivity contribution in [3.05, 3.63) is 78.9 Å². The lowest BCUT2D eigenvalue weighted by atomic mass is 10.2. The molecule has 0 saturated heterocycles. The third-order valence-electron chi connectivity index (χ3n) is 4.85. The summed E-state index contributed by atoms with van der Waals surface area (Å²) in [5, 5.41) is 1.02. The van der Waals surface area contributed by atoms with Crippen LogP contribution in [0.3, 0.4) is 0 Å². The number of aromatic nitrogens is 1. The Bertz CT molecular complexity index is 1320. The number of thiazole rings is 1. The van der Waals surface area contributed by atoms with Gasteiger partial charge >= 0.3 is 0 Å². The van der Waals surface area contributed by atoms with E-state index in [1.54, 1.807) is 36.9 Å². The molecule has 0 spiro atoms. The highest BCUT2D eigenvalue weighted by molar-refractivity contribution is 7.26. The highest BCUT2D eigenvalue weighted by Crippen LogP contribution is 2.39. The topological polar surface area (TPSA) is 40.6 Å². The number of hydrogen-bond acceptors (Lipinski definition) is 6. The Hall–Kier alpha value is -3.35. The molecule has 0 radical (unpaired) electrons. The van der Waals surface area contributed by atoms with E-state index in [0.717, 1.165) is 43.1 Å². The highest BCUT2D eigenvalue weighted by Gasteiger charge is 2.11. The Morgan fingerprint density at radius 2 is 1.23 bits per heavy atom. The van der Waals surface area contributed by atoms with Crippen molar-refractivity contribution in [2.45, 2.75) is 0 Å². The van der Waals surface area contributed by atoms with Gasteiger partial charge < -0.3 is 14.2 Å². The van der Waals surface area contributed by atoms with E-state index in [0.29, 0.717) is 0 Å². The lowest BCUT2D eigenvalue weighted by Gasteiger charge is -2.06. The van der Waals surface area contributed by atoms with Crippen molar-refractivity contribution < 1.29 is 14.2 Å². The van der Waals surface area contributed by atoms with E-state index >= 15 is 0 Å². The smallest absolute Gasteiger partial charge is 0.134 e. The summed E-state index contributed by atoms with van der Waals surface area (Å²) in [6, 6.07) is 26.0. The molecule has 0 atom stereocenters. The Balaban J connectivity index is 1.39. The molecule has 0 saturated carbocycles. The monoisotopic (exact) mass is 445 g/mol. The minimum absolute atomic E-state index is 0.771. The molecule has 0 aliphatic carbocycles. The first-order chi connectivity index (χ1) is 15.2. The minimum Gasteiger partial charge on any atom is -0.497 e. The molecule has 0 aliphatic heterocycles. The van der Waals surface area contributed by atoms with Gasteiger partial charge in [-0.15, -0.1) is 22.7 Å². The average Bonchev–Trinajstić information content (AvgIpc) is 3.47. The van der Waals surface area contributed by atoms with Crippen molar-refractivity contribution in [2.24, 2.45) is 0 Å². The zero-order valence-electron chi connectivity index (χ0n) is 17.0. The van der Waals surface area contributed by atoms with Gasteiger partial charge in [-0.3, -0.25) is 0 Å². The number of methoxy groups -OCH3 is 2. The second kappa shape index (κ2) is 8.41. The first-order valence-corrected chi connectivity index (χ1v) is 11.3. The summed E-state index contributed by atoms with van der Waals surface area (Å²) in [6.45, 7) is 0. The lowest BCUT2D eigenvalue weighted by molar-refractivity contribution is 0.413. The largest absolute Gasteiger partial charge is 0.497 e. The van der Waals surface area contributed by atoms with Gasteiger partial charge in [0.2, 0.25) is 0 Å². The molecule has 4 nitrogen and oxygen atoms in total. The van der Waals surface area contributed by atoms with E-state index in [-0.39, 0.29) is 0 Å². The van der Waals surface area contributed by atoms with Crippen molar-refractivity contribution >= 4 is 32.9 Å². The van der Waals surface area contributed by atoms with E-state index in [2.05, 4.69) is 24.3 Å². The van der Waals surface area contributed by atoms with Gasteiger partial charge in [0.1, 0.15) is 28.0 Å². The quantitative estimate of drug-likeness (QED) is 0.271. The summed E-state index contributed by atoms with van der Waals surface area (Å²) < 4.78 is 17.5. The molecule has 0 unspecified atom stereocenters. The van der Waals surface area contributed by atoms with Crippen LogP contribution < -0.4 is 14.2 Å². The number of ether oxygens (including phenoxy) is 3. The lowest BCUT2D eigenvalue weighted by Crippen LogP contribution is -1.85. The Labute approximate surface area is 188 Å². The van der Waals surface area contributed by atoms with Crippen LogP contribution in [0.15, 0.2) is 78.9 Å². The molecule has 0 fully saturated rings. The van der Waals surface area contributed by atoms with Gasteiger partial charge in [-0.25, -0.2) is 4.98 Å². The molecule has 0 amide bonds. The number of benzene rings is 3. The molecule has 31 heavy (non-hydrogen) atoms. The second-order valence-corrected chi connectivity index (χ2v) is 8.93. The van der Waals surface area contributed by atoms with Crippen molar-refractivity contribution in [1.82, 2.24) is 4.98 Å². The first-order valence-electron chi connectivity index (χ1n) is 9.69. The number of nitrogens with zero attached hydrogens (tertiary/aromatic N) is 1. The zero-order valence-corrected chi connectivity index (χ0v) is 18.6. The molecule has 2 aromatic heterocycles. The van der Waals surface area contributed by atoms with Crippen LogP contribution >= 0.6 is 22.7 Å². The maximum Gasteiger partial charge on any atom is 0.134 e. The molecule has 0 N–H and O–H groups in total. The molecular weight excluding hydrogens is 426 g/mol. The number of hydrogen-bond donors (Lipinski definition) is 0. The van der Waals surface area contributed by atoms with Gasteiger partial charge in [0, 0.05) is 10.9 Å². The fourth-order valence-electron chi connectivity index (χ4n) is 3.22. The second-order valence-electron chi connectivity index (χ2n) is 6.82. The SMILES string of the molecule is COc1ccc(Oc2ccc3nc(-c4ccc(-c5ccc(OC)cc5)s4)sc3c2)cc1. The van der Waals surface area contributed by atoms with Crippen LogP contribution in [0.25, 0.3) is 30.5 Å². The van der Waals surface area contributed by atoms with Crippen molar-refractivity contribution in [2.75, 3.05) is 14.2 Å². The van der Waals surface area contributed by atoms with E-state index in [9.17, 15) is 0 Å². The Morgan fingerprint density at radius 1 is 0.613 bits per heavy atom. The maximum absolute atomic E-state index is 6.00. The first kappa shape index (κ1) is 19.6. The molecule has 5 rings (SSSR count). The van der Waals surface area contributed by atoms with Crippen LogP contribution in [0.1, 0.15) is 0 Å². The van der Waals surface area contributed by atoms with Gasteiger partial charge in [0.05, 0.1) is 29.3 Å². The fraction of sp³-hybridized carbons (Fsp3) is 0.0800. The van der Waals surface area contributed by atoms with E-state index < -0.39 is 0 Å². The number of fused-ring (bicyclic) bond motifs is 1. The highest BCUT2D eigenvalue weighted by atomic mass is 32.1. The summed E-state index contributed by atoms with van der Waals surface area (Å²) in [5.41, 5.74) is 2.15. The summed E-state index contributed by atoms with van der Waals surface area (Å²) in [5.74, 6) is 3.23. The molecule has 0 bridgehead atoms. The van der Waals surface area contributed by atoms with Crippen molar-refractivity contribution in [3.8, 4) is 43.3 Å². The number of thiophene rings is 1. The van der Waals surface area contributed by atoms with Gasteiger partial charge in [-0.05, 0) is 78.4 Å². The third-order valence-corrected chi connectivity index (χ3v) is 7.17. The fourth-order valence-corrected chi connectivity index (χ4v) is 5.28. The molecule has 2 heterocycles. The normalized spacial score (nSPS) is 10.9. The molecule has 6 heteroatoms. The van der Waals surface area contributed by atoms with Crippen molar-refractivity contribution in [1.29, 1.82) is 0 Å². The van der Waals surface area contributed by atoms with E-state index in [1.165, 1.54) is 10.4 Å². The Morgan fingerprint density at radius 3 is 1.94 bits per heavy atom. The van der Waals surface area contributed by atoms with E-state index in [4.69, 9.17) is 19.2 Å². The van der Waals surface area contributed by atoms with Crippen LogP contribution in [0.5, 0.6) is 23.0 Å². The van der Waals surface area contributed by atoms with Gasteiger partial charge in [-0.1, -0.05) is 0 Å². The summed E-state index contributed by atoms with van der Waals surface area (Å²) in [4.78, 5) is 7.19. The maximum atomic E-state index is 6.00. The average molecular weight is 446 g/mol. The standard InChI is InChI=1S/C25H19NO3S2/c1-27-17-5-3-16(4-6-17)22-13-14-23(30-22)25-26-21-12-11-20(15-24(21)31-25)29-19-9-7-18(28-2)8-10-19/h3-15H,1-2H3. The van der Waals surface area contributed by atoms with Crippen LogP contribution in [-0.2, 0) is 0 Å². The summed E-state index contributed by atoms with van der Waals surface area (Å²) in [7, 11) is 3.33.